The van der Waals surface area contributed by atoms with E-state index in [2.05, 4.69) is 32.9 Å². The van der Waals surface area contributed by atoms with Crippen molar-refractivity contribution in [3.63, 3.8) is 0 Å². The molecule has 0 aliphatic heterocycles. The predicted octanol–water partition coefficient (Wildman–Crippen LogP) is 3.35. The number of nitrogens with two attached hydrogens (primary N) is 1. The summed E-state index contributed by atoms with van der Waals surface area (Å²) in [5.74, 6) is 1.67. The van der Waals surface area contributed by atoms with E-state index in [1.807, 2.05) is 0 Å². The zero-order chi connectivity index (χ0) is 10.1. The molecular weight excluding hydrogens is 158 g/mol. The Morgan fingerprint density at radius 1 is 1.08 bits per heavy atom. The largest absolute Gasteiger partial charge is 0.327 e. The van der Waals surface area contributed by atoms with Gasteiger partial charge in [-0.3, -0.25) is 0 Å². The predicted molar refractivity (Wildman–Crippen MR) is 60.7 cm³/mol. The van der Waals surface area contributed by atoms with E-state index in [1.165, 1.54) is 25.7 Å². The molecule has 0 radical (unpaired) electrons. The smallest absolute Gasteiger partial charge is 0.0106 e. The minimum Gasteiger partial charge on any atom is -0.327 e. The van der Waals surface area contributed by atoms with Crippen molar-refractivity contribution in [3.8, 4) is 0 Å². The highest BCUT2D eigenvalue weighted by Gasteiger charge is 2.00. The van der Waals surface area contributed by atoms with Crippen LogP contribution in [0.25, 0.3) is 0 Å². The summed E-state index contributed by atoms with van der Waals surface area (Å²) in [6.45, 7) is 7.58. The summed E-state index contributed by atoms with van der Waals surface area (Å²) in [6, 6.07) is 0. The van der Waals surface area contributed by atoms with Crippen LogP contribution in [-0.4, -0.2) is 6.54 Å². The fraction of sp³-hybridized carbons (Fsp3) is 0.833. The maximum atomic E-state index is 5.37. The minimum atomic E-state index is 0.679. The lowest BCUT2D eigenvalue weighted by atomic mass is 9.97. The third-order valence-corrected chi connectivity index (χ3v) is 2.32. The summed E-state index contributed by atoms with van der Waals surface area (Å²) in [5, 5.41) is 0. The van der Waals surface area contributed by atoms with Gasteiger partial charge < -0.3 is 5.73 Å². The molecule has 0 bridgehead atoms. The SMILES string of the molecule is CC(C)CCCC(C)C/C=C/CN. The van der Waals surface area contributed by atoms with Crippen molar-refractivity contribution in [1.82, 2.24) is 0 Å². The minimum absolute atomic E-state index is 0.679. The maximum absolute atomic E-state index is 5.37. The maximum Gasteiger partial charge on any atom is 0.0106 e. The lowest BCUT2D eigenvalue weighted by Crippen LogP contribution is -1.96. The summed E-state index contributed by atoms with van der Waals surface area (Å²) >= 11 is 0. The number of rotatable bonds is 7. The Morgan fingerprint density at radius 3 is 2.31 bits per heavy atom. The molecule has 1 heteroatoms. The van der Waals surface area contributed by atoms with Crippen molar-refractivity contribution in [2.75, 3.05) is 6.54 Å². The van der Waals surface area contributed by atoms with Crippen LogP contribution in [0, 0.1) is 11.8 Å². The van der Waals surface area contributed by atoms with Crippen LogP contribution in [0.15, 0.2) is 12.2 Å². The third kappa shape index (κ3) is 9.62. The van der Waals surface area contributed by atoms with Gasteiger partial charge >= 0.3 is 0 Å². The van der Waals surface area contributed by atoms with Crippen molar-refractivity contribution in [2.24, 2.45) is 17.6 Å². The van der Waals surface area contributed by atoms with E-state index in [9.17, 15) is 0 Å². The highest BCUT2D eigenvalue weighted by molar-refractivity contribution is 4.83. The van der Waals surface area contributed by atoms with E-state index in [0.717, 1.165) is 11.8 Å². The topological polar surface area (TPSA) is 26.0 Å². The van der Waals surface area contributed by atoms with Crippen LogP contribution in [0.4, 0.5) is 0 Å². The summed E-state index contributed by atoms with van der Waals surface area (Å²) in [7, 11) is 0. The molecule has 0 saturated carbocycles. The Labute approximate surface area is 83.4 Å². The molecule has 1 unspecified atom stereocenters. The van der Waals surface area contributed by atoms with Gasteiger partial charge in [0.25, 0.3) is 0 Å². The van der Waals surface area contributed by atoms with E-state index in [1.54, 1.807) is 0 Å². The highest BCUT2D eigenvalue weighted by Crippen LogP contribution is 2.15. The average Bonchev–Trinajstić information content (AvgIpc) is 2.04. The summed E-state index contributed by atoms with van der Waals surface area (Å²) in [4.78, 5) is 0. The average molecular weight is 183 g/mol. The van der Waals surface area contributed by atoms with E-state index in [4.69, 9.17) is 5.73 Å². The van der Waals surface area contributed by atoms with E-state index >= 15 is 0 Å². The number of allylic oxidation sites excluding steroid dienone is 1. The number of hydrogen-bond acceptors (Lipinski definition) is 1. The second kappa shape index (κ2) is 8.31. The Kier molecular flexibility index (Phi) is 8.11. The summed E-state index contributed by atoms with van der Waals surface area (Å²) in [5.41, 5.74) is 5.37. The van der Waals surface area contributed by atoms with Crippen LogP contribution in [0.1, 0.15) is 46.5 Å². The van der Waals surface area contributed by atoms with Gasteiger partial charge in [0.2, 0.25) is 0 Å². The molecule has 0 spiro atoms. The van der Waals surface area contributed by atoms with Crippen molar-refractivity contribution in [1.29, 1.82) is 0 Å². The van der Waals surface area contributed by atoms with Gasteiger partial charge in [0.15, 0.2) is 0 Å². The van der Waals surface area contributed by atoms with Gasteiger partial charge in [0.1, 0.15) is 0 Å². The molecular formula is C12H25N. The molecule has 0 saturated heterocycles. The van der Waals surface area contributed by atoms with Gasteiger partial charge in [-0.2, -0.15) is 0 Å². The molecule has 0 aromatic rings. The fourth-order valence-corrected chi connectivity index (χ4v) is 1.42. The van der Waals surface area contributed by atoms with Gasteiger partial charge in [0.05, 0.1) is 0 Å². The molecule has 2 N–H and O–H groups in total. The summed E-state index contributed by atoms with van der Waals surface area (Å²) < 4.78 is 0. The standard InChI is InChI=1S/C12H25N/c1-11(2)7-6-9-12(3)8-4-5-10-13/h4-5,11-12H,6-10,13H2,1-3H3/b5-4+. The van der Waals surface area contributed by atoms with E-state index < -0.39 is 0 Å². The van der Waals surface area contributed by atoms with Crippen LogP contribution < -0.4 is 5.73 Å². The first-order chi connectivity index (χ1) is 6.16. The second-order valence-corrected chi connectivity index (χ2v) is 4.37. The molecule has 0 aromatic heterocycles. The third-order valence-electron chi connectivity index (χ3n) is 2.32. The Morgan fingerprint density at radius 2 is 1.77 bits per heavy atom. The van der Waals surface area contributed by atoms with Crippen LogP contribution in [0.5, 0.6) is 0 Å². The molecule has 0 aliphatic rings. The van der Waals surface area contributed by atoms with Crippen molar-refractivity contribution >= 4 is 0 Å². The molecule has 0 amide bonds. The summed E-state index contributed by atoms with van der Waals surface area (Å²) in [6.07, 6.45) is 9.54. The lowest BCUT2D eigenvalue weighted by molar-refractivity contribution is 0.460. The zero-order valence-electron chi connectivity index (χ0n) is 9.42. The van der Waals surface area contributed by atoms with Crippen molar-refractivity contribution in [2.45, 2.75) is 46.5 Å². The van der Waals surface area contributed by atoms with Crippen LogP contribution in [0.2, 0.25) is 0 Å². The normalized spacial score (nSPS) is 14.2. The molecule has 0 fully saturated rings. The van der Waals surface area contributed by atoms with Gasteiger partial charge in [0, 0.05) is 6.54 Å². The molecule has 0 aromatic carbocycles. The quantitative estimate of drug-likeness (QED) is 0.602. The van der Waals surface area contributed by atoms with E-state index in [0.29, 0.717) is 6.54 Å². The first kappa shape index (κ1) is 12.7. The fourth-order valence-electron chi connectivity index (χ4n) is 1.42. The second-order valence-electron chi connectivity index (χ2n) is 4.37. The number of hydrogen-bond donors (Lipinski definition) is 1. The molecule has 0 rings (SSSR count). The molecule has 1 atom stereocenters. The Hall–Kier alpha value is -0.300. The van der Waals surface area contributed by atoms with Crippen LogP contribution in [0.3, 0.4) is 0 Å². The molecule has 0 aliphatic carbocycles. The van der Waals surface area contributed by atoms with E-state index in [-0.39, 0.29) is 0 Å². The Balaban J connectivity index is 3.29. The monoisotopic (exact) mass is 183 g/mol. The Bertz CT molecular complexity index is 127. The van der Waals surface area contributed by atoms with Gasteiger partial charge in [-0.15, -0.1) is 0 Å². The van der Waals surface area contributed by atoms with Gasteiger partial charge in [-0.25, -0.2) is 0 Å². The molecule has 1 nitrogen and oxygen atoms in total. The molecule has 13 heavy (non-hydrogen) atoms. The van der Waals surface area contributed by atoms with Crippen molar-refractivity contribution in [3.05, 3.63) is 12.2 Å². The first-order valence-electron chi connectivity index (χ1n) is 5.51. The highest BCUT2D eigenvalue weighted by atomic mass is 14.5. The molecule has 78 valence electrons. The van der Waals surface area contributed by atoms with Crippen LogP contribution in [-0.2, 0) is 0 Å². The van der Waals surface area contributed by atoms with Crippen LogP contribution >= 0.6 is 0 Å². The first-order valence-corrected chi connectivity index (χ1v) is 5.51. The van der Waals surface area contributed by atoms with Gasteiger partial charge in [-0.05, 0) is 18.3 Å². The molecule has 0 heterocycles. The lowest BCUT2D eigenvalue weighted by Gasteiger charge is -2.09. The van der Waals surface area contributed by atoms with Gasteiger partial charge in [-0.1, -0.05) is 52.2 Å². The van der Waals surface area contributed by atoms with Crippen molar-refractivity contribution < 1.29 is 0 Å². The zero-order valence-corrected chi connectivity index (χ0v) is 9.42.